The van der Waals surface area contributed by atoms with Gasteiger partial charge in [0.1, 0.15) is 0 Å². The molecule has 18 heavy (non-hydrogen) atoms. The lowest BCUT2D eigenvalue weighted by Crippen LogP contribution is -2.43. The first-order valence-corrected chi connectivity index (χ1v) is 6.46. The summed E-state index contributed by atoms with van der Waals surface area (Å²) < 4.78 is 0. The minimum atomic E-state index is -0.127. The van der Waals surface area contributed by atoms with Crippen molar-refractivity contribution in [2.45, 2.75) is 32.7 Å². The fourth-order valence-electron chi connectivity index (χ4n) is 1.39. The van der Waals surface area contributed by atoms with Gasteiger partial charge >= 0.3 is 6.03 Å². The van der Waals surface area contributed by atoms with Crippen LogP contribution < -0.4 is 16.0 Å². The lowest BCUT2D eigenvalue weighted by molar-refractivity contribution is -0.121. The van der Waals surface area contributed by atoms with Crippen molar-refractivity contribution in [3.05, 3.63) is 0 Å². The van der Waals surface area contributed by atoms with Crippen LogP contribution >= 0.6 is 0 Å². The molecule has 3 N–H and O–H groups in total. The predicted molar refractivity (Wildman–Crippen MR) is 72.5 cm³/mol. The Morgan fingerprint density at radius 3 is 2.22 bits per heavy atom. The second-order valence-corrected chi connectivity index (χ2v) is 4.38. The molecule has 0 atom stereocenters. The lowest BCUT2D eigenvalue weighted by atomic mass is 10.2. The molecule has 0 bridgehead atoms. The van der Waals surface area contributed by atoms with Gasteiger partial charge in [-0.1, -0.05) is 13.8 Å². The number of nitrogens with zero attached hydrogens (tertiary/aromatic N) is 1. The number of nitrogens with one attached hydrogen (secondary N) is 3. The molecule has 3 amide bonds. The monoisotopic (exact) mass is 258 g/mol. The number of hydrogen-bond donors (Lipinski definition) is 3. The highest BCUT2D eigenvalue weighted by molar-refractivity contribution is 5.78. The van der Waals surface area contributed by atoms with Gasteiger partial charge in [-0.05, 0) is 12.8 Å². The first-order chi connectivity index (χ1) is 8.51. The summed E-state index contributed by atoms with van der Waals surface area (Å²) in [7, 11) is 3.37. The van der Waals surface area contributed by atoms with E-state index in [1.807, 2.05) is 0 Å². The van der Waals surface area contributed by atoms with E-state index in [0.29, 0.717) is 13.1 Å². The minimum absolute atomic E-state index is 0.00244. The van der Waals surface area contributed by atoms with Gasteiger partial charge in [-0.3, -0.25) is 4.79 Å². The Balaban J connectivity index is 3.54. The predicted octanol–water partition coefficient (Wildman–Crippen LogP) is 0.152. The van der Waals surface area contributed by atoms with Crippen LogP contribution in [0, 0.1) is 0 Å². The van der Waals surface area contributed by atoms with Crippen LogP contribution in [0.25, 0.3) is 0 Å². The van der Waals surface area contributed by atoms with Crippen LogP contribution in [0.1, 0.15) is 26.7 Å². The van der Waals surface area contributed by atoms with Crippen molar-refractivity contribution < 1.29 is 9.59 Å². The van der Waals surface area contributed by atoms with Crippen LogP contribution in [0.4, 0.5) is 4.79 Å². The summed E-state index contributed by atoms with van der Waals surface area (Å²) in [6.45, 7) is 5.48. The second kappa shape index (κ2) is 9.70. The summed E-state index contributed by atoms with van der Waals surface area (Å²) in [6.07, 6.45) is 1.89. The van der Waals surface area contributed by atoms with Gasteiger partial charge in [-0.15, -0.1) is 0 Å². The van der Waals surface area contributed by atoms with E-state index < -0.39 is 0 Å². The zero-order valence-corrected chi connectivity index (χ0v) is 11.9. The van der Waals surface area contributed by atoms with Gasteiger partial charge in [-0.2, -0.15) is 0 Å². The molecule has 0 unspecified atom stereocenters. The Bertz CT molecular complexity index is 252. The Labute approximate surface area is 109 Å². The van der Waals surface area contributed by atoms with E-state index in [0.717, 1.165) is 12.8 Å². The van der Waals surface area contributed by atoms with Gasteiger partial charge in [0.15, 0.2) is 0 Å². The maximum Gasteiger partial charge on any atom is 0.316 e. The number of amides is 3. The third-order valence-electron chi connectivity index (χ3n) is 2.62. The molecule has 0 aromatic heterocycles. The molecule has 6 nitrogen and oxygen atoms in total. The zero-order valence-electron chi connectivity index (χ0n) is 11.9. The van der Waals surface area contributed by atoms with Crippen LogP contribution in [0.3, 0.4) is 0 Å². The quantitative estimate of drug-likeness (QED) is 0.543. The fourth-order valence-corrected chi connectivity index (χ4v) is 1.39. The lowest BCUT2D eigenvalue weighted by Gasteiger charge is -2.15. The van der Waals surface area contributed by atoms with Gasteiger partial charge in [0.05, 0.1) is 6.54 Å². The Kier molecular flexibility index (Phi) is 9.00. The molecule has 0 aromatic rings. The van der Waals surface area contributed by atoms with E-state index >= 15 is 0 Å². The van der Waals surface area contributed by atoms with E-state index in [-0.39, 0.29) is 24.5 Å². The summed E-state index contributed by atoms with van der Waals surface area (Å²) in [5.41, 5.74) is 0. The van der Waals surface area contributed by atoms with Gasteiger partial charge in [0.2, 0.25) is 5.91 Å². The van der Waals surface area contributed by atoms with Crippen LogP contribution in [-0.2, 0) is 4.79 Å². The molecule has 0 rings (SSSR count). The van der Waals surface area contributed by atoms with Crippen LogP contribution in [0.5, 0.6) is 0 Å². The SMILES string of the molecule is CCC(CC)NC(=O)CNCCNC(=O)N(C)C. The smallest absolute Gasteiger partial charge is 0.316 e. The van der Waals surface area contributed by atoms with Crippen molar-refractivity contribution in [1.29, 1.82) is 0 Å². The molecule has 6 heteroatoms. The average Bonchev–Trinajstić information content (AvgIpc) is 2.35. The van der Waals surface area contributed by atoms with Crippen LogP contribution in [0.15, 0.2) is 0 Å². The summed E-state index contributed by atoms with van der Waals surface area (Å²) in [4.78, 5) is 24.2. The van der Waals surface area contributed by atoms with Crippen LogP contribution in [-0.4, -0.2) is 56.6 Å². The van der Waals surface area contributed by atoms with Crippen molar-refractivity contribution >= 4 is 11.9 Å². The van der Waals surface area contributed by atoms with E-state index in [1.54, 1.807) is 14.1 Å². The standard InChI is InChI=1S/C12H26N4O2/c1-5-10(6-2)15-11(17)9-13-7-8-14-12(18)16(3)4/h10,13H,5-9H2,1-4H3,(H,14,18)(H,15,17). The highest BCUT2D eigenvalue weighted by atomic mass is 16.2. The van der Waals surface area contributed by atoms with Crippen molar-refractivity contribution in [3.8, 4) is 0 Å². The van der Waals surface area contributed by atoms with Crippen molar-refractivity contribution in [2.24, 2.45) is 0 Å². The summed E-state index contributed by atoms with van der Waals surface area (Å²) in [6, 6.07) is 0.131. The third kappa shape index (κ3) is 7.89. The molecule has 0 aliphatic rings. The summed E-state index contributed by atoms with van der Waals surface area (Å²) >= 11 is 0. The van der Waals surface area contributed by atoms with Gasteiger partial charge in [0.25, 0.3) is 0 Å². The molecule has 0 aliphatic carbocycles. The Hall–Kier alpha value is -1.30. The van der Waals surface area contributed by atoms with Gasteiger partial charge < -0.3 is 20.9 Å². The van der Waals surface area contributed by atoms with Gasteiger partial charge in [0, 0.05) is 33.2 Å². The van der Waals surface area contributed by atoms with Crippen molar-refractivity contribution in [2.75, 3.05) is 33.7 Å². The molecule has 0 heterocycles. The van der Waals surface area contributed by atoms with Crippen LogP contribution in [0.2, 0.25) is 0 Å². The molecule has 0 fully saturated rings. The number of rotatable bonds is 8. The molecule has 0 spiro atoms. The van der Waals surface area contributed by atoms with E-state index in [9.17, 15) is 9.59 Å². The minimum Gasteiger partial charge on any atom is -0.352 e. The third-order valence-corrected chi connectivity index (χ3v) is 2.62. The fraction of sp³-hybridized carbons (Fsp3) is 0.833. The molecule has 0 radical (unpaired) electrons. The zero-order chi connectivity index (χ0) is 14.0. The normalized spacial score (nSPS) is 10.3. The molecule has 106 valence electrons. The molecule has 0 aromatic carbocycles. The summed E-state index contributed by atoms with van der Waals surface area (Å²) in [5, 5.41) is 8.64. The number of carbonyl (C=O) groups is 2. The molecular weight excluding hydrogens is 232 g/mol. The average molecular weight is 258 g/mol. The van der Waals surface area contributed by atoms with E-state index in [2.05, 4.69) is 29.8 Å². The highest BCUT2D eigenvalue weighted by Crippen LogP contribution is 1.94. The largest absolute Gasteiger partial charge is 0.352 e. The van der Waals surface area contributed by atoms with E-state index in [1.165, 1.54) is 4.90 Å². The first kappa shape index (κ1) is 16.7. The molecule has 0 saturated carbocycles. The Morgan fingerprint density at radius 1 is 1.11 bits per heavy atom. The summed E-state index contributed by atoms with van der Waals surface area (Å²) in [5.74, 6) is 0.00244. The number of hydrogen-bond acceptors (Lipinski definition) is 3. The van der Waals surface area contributed by atoms with E-state index in [4.69, 9.17) is 0 Å². The Morgan fingerprint density at radius 2 is 1.72 bits per heavy atom. The van der Waals surface area contributed by atoms with Crippen molar-refractivity contribution in [3.63, 3.8) is 0 Å². The van der Waals surface area contributed by atoms with Crippen molar-refractivity contribution in [1.82, 2.24) is 20.9 Å². The van der Waals surface area contributed by atoms with Gasteiger partial charge in [-0.25, -0.2) is 4.79 Å². The highest BCUT2D eigenvalue weighted by Gasteiger charge is 2.07. The number of carbonyl (C=O) groups excluding carboxylic acids is 2. The topological polar surface area (TPSA) is 73.5 Å². The maximum absolute atomic E-state index is 11.5. The number of urea groups is 1. The molecule has 0 saturated heterocycles. The maximum atomic E-state index is 11.5. The second-order valence-electron chi connectivity index (χ2n) is 4.38. The molecule has 0 aliphatic heterocycles. The first-order valence-electron chi connectivity index (χ1n) is 6.46. The molecular formula is C12H26N4O2.